The first-order valence-corrected chi connectivity index (χ1v) is 3.30. The van der Waals surface area contributed by atoms with Crippen LogP contribution < -0.4 is 0 Å². The molecule has 0 bridgehead atoms. The number of terminal acetylenes is 1. The Hall–Kier alpha value is -0.970. The topological polar surface area (TPSA) is 20.3 Å². The zero-order valence-corrected chi connectivity index (χ0v) is 6.72. The van der Waals surface area contributed by atoms with Gasteiger partial charge < -0.3 is 4.90 Å². The van der Waals surface area contributed by atoms with Crippen molar-refractivity contribution in [1.29, 1.82) is 0 Å². The van der Waals surface area contributed by atoms with E-state index in [0.717, 1.165) is 0 Å². The molecule has 0 rings (SSSR count). The summed E-state index contributed by atoms with van der Waals surface area (Å²) >= 11 is 0. The molecule has 56 valence electrons. The number of nitrogens with zero attached hydrogens (tertiary/aromatic N) is 1. The summed E-state index contributed by atoms with van der Waals surface area (Å²) in [6.45, 7) is 1.91. The molecule has 0 heterocycles. The summed E-state index contributed by atoms with van der Waals surface area (Å²) in [6.07, 6.45) is 5.84. The van der Waals surface area contributed by atoms with Gasteiger partial charge in [-0.2, -0.15) is 0 Å². The Bertz CT molecular complexity index is 155. The minimum Gasteiger partial charge on any atom is -0.348 e. The molecule has 0 spiro atoms. The van der Waals surface area contributed by atoms with Crippen LogP contribution in [0.5, 0.6) is 0 Å². The van der Waals surface area contributed by atoms with E-state index < -0.39 is 0 Å². The fourth-order valence-corrected chi connectivity index (χ4v) is 0.675. The normalized spacial score (nSPS) is 11.8. The molecule has 0 aliphatic heterocycles. The molecule has 0 fully saturated rings. The van der Waals surface area contributed by atoms with Crippen LogP contribution in [0.1, 0.15) is 13.3 Å². The zero-order valence-electron chi connectivity index (χ0n) is 6.72. The third kappa shape index (κ3) is 2.10. The van der Waals surface area contributed by atoms with Crippen molar-refractivity contribution in [1.82, 2.24) is 4.90 Å². The molecule has 2 heteroatoms. The third-order valence-electron chi connectivity index (χ3n) is 1.35. The predicted octanol–water partition coefficient (Wildman–Crippen LogP) is 0.734. The van der Waals surface area contributed by atoms with Crippen molar-refractivity contribution >= 4 is 5.91 Å². The van der Waals surface area contributed by atoms with E-state index in [1.54, 1.807) is 14.1 Å². The SMILES string of the molecule is C#CC(CC)C(=O)N(C)C. The van der Waals surface area contributed by atoms with E-state index in [4.69, 9.17) is 6.42 Å². The van der Waals surface area contributed by atoms with Crippen LogP contribution in [0, 0.1) is 18.3 Å². The van der Waals surface area contributed by atoms with E-state index in [1.165, 1.54) is 4.90 Å². The lowest BCUT2D eigenvalue weighted by molar-refractivity contribution is -0.131. The molecule has 0 aromatic heterocycles. The van der Waals surface area contributed by atoms with Gasteiger partial charge in [0.2, 0.25) is 5.91 Å². The van der Waals surface area contributed by atoms with Crippen molar-refractivity contribution in [2.75, 3.05) is 14.1 Å². The molecule has 0 saturated heterocycles. The van der Waals surface area contributed by atoms with Gasteiger partial charge in [0, 0.05) is 14.1 Å². The van der Waals surface area contributed by atoms with Crippen LogP contribution in [0.4, 0.5) is 0 Å². The second-order valence-corrected chi connectivity index (χ2v) is 2.36. The molecule has 0 aromatic rings. The van der Waals surface area contributed by atoms with Gasteiger partial charge in [0.05, 0.1) is 5.92 Å². The Morgan fingerprint density at radius 1 is 1.70 bits per heavy atom. The average molecular weight is 139 g/mol. The Balaban J connectivity index is 4.06. The standard InChI is InChI=1S/C8H13NO/c1-5-7(6-2)8(10)9(3)4/h1,7H,6H2,2-4H3. The number of carbonyl (C=O) groups is 1. The highest BCUT2D eigenvalue weighted by Gasteiger charge is 2.14. The molecule has 0 aromatic carbocycles. The van der Waals surface area contributed by atoms with Crippen molar-refractivity contribution in [3.63, 3.8) is 0 Å². The Kier molecular flexibility index (Phi) is 3.56. The van der Waals surface area contributed by atoms with Gasteiger partial charge in [0.25, 0.3) is 0 Å². The largest absolute Gasteiger partial charge is 0.348 e. The average Bonchev–Trinajstić information content (AvgIpc) is 1.90. The first kappa shape index (κ1) is 9.03. The van der Waals surface area contributed by atoms with Gasteiger partial charge in [0.1, 0.15) is 0 Å². The second-order valence-electron chi connectivity index (χ2n) is 2.36. The van der Waals surface area contributed by atoms with E-state index in [1.807, 2.05) is 6.92 Å². The summed E-state index contributed by atoms with van der Waals surface area (Å²) < 4.78 is 0. The van der Waals surface area contributed by atoms with E-state index in [0.29, 0.717) is 6.42 Å². The molecular formula is C8H13NO. The highest BCUT2D eigenvalue weighted by molar-refractivity contribution is 5.80. The summed E-state index contributed by atoms with van der Waals surface area (Å²) in [5, 5.41) is 0. The molecule has 2 nitrogen and oxygen atoms in total. The fourth-order valence-electron chi connectivity index (χ4n) is 0.675. The molecular weight excluding hydrogens is 126 g/mol. The summed E-state index contributed by atoms with van der Waals surface area (Å²) in [5.74, 6) is 2.22. The smallest absolute Gasteiger partial charge is 0.237 e. The summed E-state index contributed by atoms with van der Waals surface area (Å²) in [6, 6.07) is 0. The van der Waals surface area contributed by atoms with Crippen molar-refractivity contribution in [3.05, 3.63) is 0 Å². The summed E-state index contributed by atoms with van der Waals surface area (Å²) in [4.78, 5) is 12.6. The number of carbonyl (C=O) groups excluding carboxylic acids is 1. The highest BCUT2D eigenvalue weighted by Crippen LogP contribution is 2.02. The van der Waals surface area contributed by atoms with E-state index in [-0.39, 0.29) is 11.8 Å². The first-order chi connectivity index (χ1) is 4.63. The lowest BCUT2D eigenvalue weighted by Gasteiger charge is -2.13. The van der Waals surface area contributed by atoms with Crippen LogP contribution in [-0.2, 0) is 4.79 Å². The minimum atomic E-state index is -0.241. The maximum absolute atomic E-state index is 11.1. The second kappa shape index (κ2) is 3.94. The molecule has 10 heavy (non-hydrogen) atoms. The van der Waals surface area contributed by atoms with Crippen LogP contribution in [0.2, 0.25) is 0 Å². The maximum Gasteiger partial charge on any atom is 0.237 e. The van der Waals surface area contributed by atoms with Gasteiger partial charge in [-0.3, -0.25) is 4.79 Å². The van der Waals surface area contributed by atoms with Gasteiger partial charge >= 0.3 is 0 Å². The van der Waals surface area contributed by atoms with Crippen LogP contribution in [-0.4, -0.2) is 24.9 Å². The van der Waals surface area contributed by atoms with Gasteiger partial charge in [-0.15, -0.1) is 6.42 Å². The highest BCUT2D eigenvalue weighted by atomic mass is 16.2. The van der Waals surface area contributed by atoms with Gasteiger partial charge in [-0.1, -0.05) is 12.8 Å². The first-order valence-electron chi connectivity index (χ1n) is 3.30. The number of rotatable bonds is 2. The predicted molar refractivity (Wildman–Crippen MR) is 41.3 cm³/mol. The Morgan fingerprint density at radius 3 is 2.30 bits per heavy atom. The van der Waals surface area contributed by atoms with Gasteiger partial charge in [0.15, 0.2) is 0 Å². The number of amides is 1. The molecule has 0 aliphatic carbocycles. The van der Waals surface area contributed by atoms with Crippen molar-refractivity contribution in [2.24, 2.45) is 5.92 Å². The minimum absolute atomic E-state index is 0.0185. The molecule has 1 atom stereocenters. The van der Waals surface area contributed by atoms with Crippen LogP contribution in [0.25, 0.3) is 0 Å². The molecule has 1 unspecified atom stereocenters. The molecule has 0 aliphatic rings. The van der Waals surface area contributed by atoms with Crippen LogP contribution >= 0.6 is 0 Å². The Morgan fingerprint density at radius 2 is 2.20 bits per heavy atom. The third-order valence-corrected chi connectivity index (χ3v) is 1.35. The molecule has 1 amide bonds. The van der Waals surface area contributed by atoms with E-state index >= 15 is 0 Å². The maximum atomic E-state index is 11.1. The lowest BCUT2D eigenvalue weighted by atomic mass is 10.1. The van der Waals surface area contributed by atoms with Crippen LogP contribution in [0.3, 0.4) is 0 Å². The fraction of sp³-hybridized carbons (Fsp3) is 0.625. The van der Waals surface area contributed by atoms with Crippen molar-refractivity contribution in [3.8, 4) is 12.3 Å². The quantitative estimate of drug-likeness (QED) is 0.516. The van der Waals surface area contributed by atoms with Gasteiger partial charge in [-0.05, 0) is 6.42 Å². The molecule has 0 N–H and O–H groups in total. The number of hydrogen-bond acceptors (Lipinski definition) is 1. The zero-order chi connectivity index (χ0) is 8.15. The molecule has 0 saturated carbocycles. The van der Waals surface area contributed by atoms with Gasteiger partial charge in [-0.25, -0.2) is 0 Å². The summed E-state index contributed by atoms with van der Waals surface area (Å²) in [7, 11) is 3.42. The molecule has 0 radical (unpaired) electrons. The van der Waals surface area contributed by atoms with Crippen LogP contribution in [0.15, 0.2) is 0 Å². The number of hydrogen-bond donors (Lipinski definition) is 0. The van der Waals surface area contributed by atoms with E-state index in [2.05, 4.69) is 5.92 Å². The lowest BCUT2D eigenvalue weighted by Crippen LogP contribution is -2.28. The van der Waals surface area contributed by atoms with Crippen molar-refractivity contribution in [2.45, 2.75) is 13.3 Å². The Labute approximate surface area is 62.2 Å². The summed E-state index contributed by atoms with van der Waals surface area (Å²) in [5.41, 5.74) is 0. The monoisotopic (exact) mass is 139 g/mol. The van der Waals surface area contributed by atoms with Crippen molar-refractivity contribution < 1.29 is 4.79 Å². The van der Waals surface area contributed by atoms with E-state index in [9.17, 15) is 4.79 Å².